The van der Waals surface area contributed by atoms with Crippen molar-refractivity contribution in [3.05, 3.63) is 22.4 Å². The van der Waals surface area contributed by atoms with Crippen molar-refractivity contribution >= 4 is 23.2 Å². The van der Waals surface area contributed by atoms with Gasteiger partial charge in [0.05, 0.1) is 5.56 Å². The number of carbonyl (C=O) groups is 2. The SMILES string of the molecule is CC[C@@H](C)NC(=O)[C@@H](C)NC(=O)c1ccsc1. The molecule has 2 amide bonds. The van der Waals surface area contributed by atoms with E-state index >= 15 is 0 Å². The predicted octanol–water partition coefficient (Wildman–Crippen LogP) is 1.78. The molecule has 1 aromatic rings. The van der Waals surface area contributed by atoms with E-state index in [1.54, 1.807) is 18.4 Å². The average molecular weight is 254 g/mol. The third-order valence-corrected chi connectivity index (χ3v) is 3.21. The predicted molar refractivity (Wildman–Crippen MR) is 69.1 cm³/mol. The number of carbonyl (C=O) groups excluding carboxylic acids is 2. The molecule has 1 rings (SSSR count). The molecule has 0 radical (unpaired) electrons. The van der Waals surface area contributed by atoms with Crippen molar-refractivity contribution in [2.45, 2.75) is 39.3 Å². The molecule has 0 saturated carbocycles. The molecular weight excluding hydrogens is 236 g/mol. The largest absolute Gasteiger partial charge is 0.352 e. The third kappa shape index (κ3) is 4.19. The van der Waals surface area contributed by atoms with Gasteiger partial charge in [-0.05, 0) is 31.7 Å². The molecule has 0 aliphatic carbocycles. The normalized spacial score (nSPS) is 13.8. The number of hydrogen-bond acceptors (Lipinski definition) is 3. The zero-order valence-electron chi connectivity index (χ0n) is 10.3. The van der Waals surface area contributed by atoms with Crippen LogP contribution in [0.15, 0.2) is 16.8 Å². The lowest BCUT2D eigenvalue weighted by atomic mass is 10.2. The van der Waals surface area contributed by atoms with Gasteiger partial charge < -0.3 is 10.6 Å². The fraction of sp³-hybridized carbons (Fsp3) is 0.500. The number of nitrogens with one attached hydrogen (secondary N) is 2. The lowest BCUT2D eigenvalue weighted by Gasteiger charge is -2.17. The second-order valence-corrected chi connectivity index (χ2v) is 4.81. The second-order valence-electron chi connectivity index (χ2n) is 4.03. The van der Waals surface area contributed by atoms with Gasteiger partial charge >= 0.3 is 0 Å². The highest BCUT2D eigenvalue weighted by molar-refractivity contribution is 7.08. The first kappa shape index (κ1) is 13.7. The van der Waals surface area contributed by atoms with Crippen LogP contribution in [0.2, 0.25) is 0 Å². The van der Waals surface area contributed by atoms with Crippen LogP contribution in [0.1, 0.15) is 37.6 Å². The topological polar surface area (TPSA) is 58.2 Å². The minimum Gasteiger partial charge on any atom is -0.352 e. The van der Waals surface area contributed by atoms with Gasteiger partial charge in [-0.25, -0.2) is 0 Å². The first-order valence-corrected chi connectivity index (χ1v) is 6.62. The Labute approximate surface area is 105 Å². The molecular formula is C12H18N2O2S. The van der Waals surface area contributed by atoms with Gasteiger partial charge in [-0.1, -0.05) is 6.92 Å². The summed E-state index contributed by atoms with van der Waals surface area (Å²) in [6, 6.07) is 1.35. The van der Waals surface area contributed by atoms with Gasteiger partial charge in [0, 0.05) is 11.4 Å². The molecule has 1 heterocycles. The van der Waals surface area contributed by atoms with Crippen molar-refractivity contribution in [3.8, 4) is 0 Å². The molecule has 1 aromatic heterocycles. The van der Waals surface area contributed by atoms with E-state index in [4.69, 9.17) is 0 Å². The molecule has 0 aliphatic heterocycles. The van der Waals surface area contributed by atoms with Crippen LogP contribution >= 0.6 is 11.3 Å². The van der Waals surface area contributed by atoms with Crippen molar-refractivity contribution in [2.75, 3.05) is 0 Å². The van der Waals surface area contributed by atoms with E-state index in [0.29, 0.717) is 5.56 Å². The van der Waals surface area contributed by atoms with Crippen LogP contribution in [0, 0.1) is 0 Å². The average Bonchev–Trinajstić information content (AvgIpc) is 2.82. The zero-order chi connectivity index (χ0) is 12.8. The summed E-state index contributed by atoms with van der Waals surface area (Å²) in [6.45, 7) is 5.62. The molecule has 5 heteroatoms. The molecule has 94 valence electrons. The highest BCUT2D eigenvalue weighted by atomic mass is 32.1. The van der Waals surface area contributed by atoms with Crippen molar-refractivity contribution in [2.24, 2.45) is 0 Å². The van der Waals surface area contributed by atoms with Crippen LogP contribution in [-0.4, -0.2) is 23.9 Å². The van der Waals surface area contributed by atoms with E-state index in [1.165, 1.54) is 11.3 Å². The van der Waals surface area contributed by atoms with Crippen LogP contribution in [0.4, 0.5) is 0 Å². The highest BCUT2D eigenvalue weighted by Gasteiger charge is 2.17. The van der Waals surface area contributed by atoms with Crippen LogP contribution in [0.3, 0.4) is 0 Å². The second kappa shape index (κ2) is 6.39. The van der Waals surface area contributed by atoms with Gasteiger partial charge in [-0.3, -0.25) is 9.59 Å². The van der Waals surface area contributed by atoms with Gasteiger partial charge in [0.1, 0.15) is 6.04 Å². The standard InChI is InChI=1S/C12H18N2O2S/c1-4-8(2)13-11(15)9(3)14-12(16)10-5-6-17-7-10/h5-9H,4H2,1-3H3,(H,13,15)(H,14,16)/t8-,9-/m1/s1. The van der Waals surface area contributed by atoms with Crippen molar-refractivity contribution in [1.82, 2.24) is 10.6 Å². The van der Waals surface area contributed by atoms with E-state index in [-0.39, 0.29) is 17.9 Å². The van der Waals surface area contributed by atoms with E-state index in [0.717, 1.165) is 6.42 Å². The monoisotopic (exact) mass is 254 g/mol. The summed E-state index contributed by atoms with van der Waals surface area (Å²) in [7, 11) is 0. The van der Waals surface area contributed by atoms with Crippen LogP contribution < -0.4 is 10.6 Å². The van der Waals surface area contributed by atoms with Gasteiger partial charge in [0.15, 0.2) is 0 Å². The van der Waals surface area contributed by atoms with Crippen LogP contribution in [-0.2, 0) is 4.79 Å². The maximum atomic E-state index is 11.7. The lowest BCUT2D eigenvalue weighted by Crippen LogP contribution is -2.47. The maximum Gasteiger partial charge on any atom is 0.252 e. The Morgan fingerprint density at radius 3 is 2.59 bits per heavy atom. The Hall–Kier alpha value is -1.36. The minimum absolute atomic E-state index is 0.128. The van der Waals surface area contributed by atoms with Crippen LogP contribution in [0.5, 0.6) is 0 Å². The molecule has 0 aromatic carbocycles. The molecule has 17 heavy (non-hydrogen) atoms. The molecule has 0 fully saturated rings. The minimum atomic E-state index is -0.517. The maximum absolute atomic E-state index is 11.7. The molecule has 2 N–H and O–H groups in total. The fourth-order valence-corrected chi connectivity index (χ4v) is 1.85. The Morgan fingerprint density at radius 2 is 2.06 bits per heavy atom. The number of amides is 2. The van der Waals surface area contributed by atoms with Gasteiger partial charge in [0.2, 0.25) is 5.91 Å². The molecule has 4 nitrogen and oxygen atoms in total. The smallest absolute Gasteiger partial charge is 0.252 e. The van der Waals surface area contributed by atoms with E-state index in [2.05, 4.69) is 10.6 Å². The van der Waals surface area contributed by atoms with Gasteiger partial charge in [-0.2, -0.15) is 11.3 Å². The third-order valence-electron chi connectivity index (χ3n) is 2.53. The van der Waals surface area contributed by atoms with E-state index in [9.17, 15) is 9.59 Å². The van der Waals surface area contributed by atoms with E-state index < -0.39 is 6.04 Å². The van der Waals surface area contributed by atoms with Crippen LogP contribution in [0.25, 0.3) is 0 Å². The fourth-order valence-electron chi connectivity index (χ4n) is 1.21. The Balaban J connectivity index is 2.46. The molecule has 0 bridgehead atoms. The lowest BCUT2D eigenvalue weighted by molar-refractivity contribution is -0.123. The number of thiophene rings is 1. The summed E-state index contributed by atoms with van der Waals surface area (Å²) in [5.41, 5.74) is 0.596. The molecule has 2 atom stereocenters. The number of hydrogen-bond donors (Lipinski definition) is 2. The Bertz CT molecular complexity index is 376. The summed E-state index contributed by atoms with van der Waals surface area (Å²) >= 11 is 1.46. The first-order chi connectivity index (χ1) is 8.04. The van der Waals surface area contributed by atoms with Gasteiger partial charge in [0.25, 0.3) is 5.91 Å². The zero-order valence-corrected chi connectivity index (χ0v) is 11.1. The number of rotatable bonds is 5. The van der Waals surface area contributed by atoms with Crippen molar-refractivity contribution in [1.29, 1.82) is 0 Å². The molecule has 0 aliphatic rings. The summed E-state index contributed by atoms with van der Waals surface area (Å²) in [4.78, 5) is 23.4. The van der Waals surface area contributed by atoms with Crippen molar-refractivity contribution < 1.29 is 9.59 Å². The Morgan fingerprint density at radius 1 is 1.35 bits per heavy atom. The summed E-state index contributed by atoms with van der Waals surface area (Å²) < 4.78 is 0. The first-order valence-electron chi connectivity index (χ1n) is 5.68. The quantitative estimate of drug-likeness (QED) is 0.841. The van der Waals surface area contributed by atoms with Crippen molar-refractivity contribution in [3.63, 3.8) is 0 Å². The highest BCUT2D eigenvalue weighted by Crippen LogP contribution is 2.05. The molecule has 0 spiro atoms. The molecule has 0 saturated heterocycles. The summed E-state index contributed by atoms with van der Waals surface area (Å²) in [6.07, 6.45) is 0.872. The van der Waals surface area contributed by atoms with Gasteiger partial charge in [-0.15, -0.1) is 0 Å². The summed E-state index contributed by atoms with van der Waals surface area (Å²) in [5, 5.41) is 9.09. The molecule has 0 unspecified atom stereocenters. The Kier molecular flexibility index (Phi) is 5.15. The summed E-state index contributed by atoms with van der Waals surface area (Å²) in [5.74, 6) is -0.360. The van der Waals surface area contributed by atoms with E-state index in [1.807, 2.05) is 19.2 Å².